The summed E-state index contributed by atoms with van der Waals surface area (Å²) >= 11 is 0. The molecule has 0 bridgehead atoms. The Bertz CT molecular complexity index is 3820. The number of rotatable bonds is 14. The van der Waals surface area contributed by atoms with Gasteiger partial charge in [0.15, 0.2) is 22.3 Å². The topological polar surface area (TPSA) is 242 Å². The van der Waals surface area contributed by atoms with Crippen molar-refractivity contribution >= 4 is 55.8 Å². The number of carbonyl (C=O) groups excluding carboxylic acids is 2. The smallest absolute Gasteiger partial charge is 0.332 e. The van der Waals surface area contributed by atoms with Crippen molar-refractivity contribution in [2.45, 2.75) is 93.5 Å². The molecule has 0 aliphatic carbocycles. The lowest BCUT2D eigenvalue weighted by Crippen LogP contribution is -2.40. The van der Waals surface area contributed by atoms with Gasteiger partial charge in [-0.1, -0.05) is 112 Å². The van der Waals surface area contributed by atoms with Gasteiger partial charge >= 0.3 is 23.3 Å². The van der Waals surface area contributed by atoms with E-state index in [0.29, 0.717) is 61.7 Å². The van der Waals surface area contributed by atoms with Crippen LogP contribution in [0.3, 0.4) is 0 Å². The van der Waals surface area contributed by atoms with Crippen molar-refractivity contribution in [3.8, 4) is 35.2 Å². The molecule has 77 heavy (non-hydrogen) atoms. The molecule has 0 unspecified atom stereocenters. The van der Waals surface area contributed by atoms with E-state index in [2.05, 4.69) is 38.6 Å². The lowest BCUT2D eigenvalue weighted by Gasteiger charge is -2.15. The van der Waals surface area contributed by atoms with E-state index < -0.39 is 29.1 Å². The summed E-state index contributed by atoms with van der Waals surface area (Å²) in [4.78, 5) is 90.5. The second-order valence-electron chi connectivity index (χ2n) is 18.6. The molecule has 0 saturated carbocycles. The molecule has 4 aromatic carbocycles. The summed E-state index contributed by atoms with van der Waals surface area (Å²) in [5.74, 6) is 12.3. The number of esters is 2. The Balaban J connectivity index is 0.000000214. The van der Waals surface area contributed by atoms with Gasteiger partial charge < -0.3 is 24.4 Å². The number of hydrogen-bond donors (Lipinski definition) is 2. The maximum atomic E-state index is 13.0. The van der Waals surface area contributed by atoms with Gasteiger partial charge in [-0.2, -0.15) is 0 Å². The molecule has 0 spiro atoms. The van der Waals surface area contributed by atoms with Crippen LogP contribution in [0.25, 0.3) is 43.9 Å². The Morgan fingerprint density at radius 2 is 1.04 bits per heavy atom. The molecule has 0 amide bonds. The van der Waals surface area contributed by atoms with Crippen molar-refractivity contribution < 1.29 is 34.0 Å². The van der Waals surface area contributed by atoms with E-state index in [1.165, 1.54) is 37.1 Å². The normalized spacial score (nSPS) is 10.8. The van der Waals surface area contributed by atoms with E-state index in [-0.39, 0.29) is 77.3 Å². The molecule has 8 aromatic rings. The zero-order valence-electron chi connectivity index (χ0n) is 44.5. The van der Waals surface area contributed by atoms with Crippen LogP contribution >= 0.6 is 0 Å². The number of carbonyl (C=O) groups is 2. The molecule has 4 heterocycles. The van der Waals surface area contributed by atoms with Gasteiger partial charge in [-0.3, -0.25) is 37.4 Å². The summed E-state index contributed by atoms with van der Waals surface area (Å²) in [6, 6.07) is 27.0. The van der Waals surface area contributed by atoms with Gasteiger partial charge in [-0.25, -0.2) is 29.5 Å². The summed E-state index contributed by atoms with van der Waals surface area (Å²) in [6.07, 6.45) is 2.02. The molecule has 0 atom stereocenters. The van der Waals surface area contributed by atoms with Gasteiger partial charge in [0.05, 0.1) is 19.8 Å². The first kappa shape index (κ1) is 57.3. The molecule has 0 radical (unpaired) electrons. The van der Waals surface area contributed by atoms with Gasteiger partial charge in [0, 0.05) is 64.6 Å². The first-order valence-electron chi connectivity index (χ1n) is 25.0. The molecule has 19 heteroatoms. The van der Waals surface area contributed by atoms with Gasteiger partial charge in [-0.05, 0) is 59.4 Å². The third-order valence-corrected chi connectivity index (χ3v) is 11.5. The largest absolute Gasteiger partial charge is 0.507 e. The number of ether oxygens (including phenoxy) is 3. The fourth-order valence-corrected chi connectivity index (χ4v) is 7.81. The average molecular weight is 1050 g/mol. The summed E-state index contributed by atoms with van der Waals surface area (Å²) in [6.45, 7) is 11.4. The van der Waals surface area contributed by atoms with Crippen LogP contribution in [0.4, 0.5) is 0 Å². The number of unbranched alkanes of at least 4 members (excludes halogenated alkanes) is 2. The Hall–Kier alpha value is -8.94. The lowest BCUT2D eigenvalue weighted by molar-refractivity contribution is -0.141. The molecule has 0 saturated heterocycles. The van der Waals surface area contributed by atoms with Gasteiger partial charge in [0.2, 0.25) is 0 Å². The fourth-order valence-electron chi connectivity index (χ4n) is 7.81. The van der Waals surface area contributed by atoms with Crippen LogP contribution in [-0.4, -0.2) is 73.6 Å². The highest BCUT2D eigenvalue weighted by molar-refractivity contribution is 5.88. The average Bonchev–Trinajstić information content (AvgIpc) is 3.43. The molecule has 0 fully saturated rings. The molecule has 2 N–H and O–H groups in total. The predicted octanol–water partition coefficient (Wildman–Crippen LogP) is 6.45. The standard InChI is InChI=1S/C29H30N4O5.C19H24N4O5.C10H8O/c1-19(2)17-33-27-26(28(35)32(4)29(33)36)30-23(14-6-5-9-16-37-20(3)34)24(31-27)18-38-25-15-10-12-21-11-7-8-13-22(21)25;1-12(2)10-23-17-16(18(26)22(4)19(23)27)20-14(15(11-24)21-17)8-6-5-7-9-28-13(3)25;11-10-7-3-5-8-4-1-2-6-9(8)10/h7-8,10-13,15,19H,5,9,16-18H2,1-4H3;12,24H,5,7,9-11H2,1-4H3;1-7,11H. The van der Waals surface area contributed by atoms with Gasteiger partial charge in [-0.15, -0.1) is 0 Å². The Morgan fingerprint density at radius 3 is 1.52 bits per heavy atom. The molecular formula is C58H62N8O11. The number of phenolic OH excluding ortho intramolecular Hbond substituents is 1. The Kier molecular flexibility index (Phi) is 20.1. The molecule has 0 aliphatic heterocycles. The number of hydrogen-bond acceptors (Lipinski definition) is 15. The van der Waals surface area contributed by atoms with E-state index in [9.17, 15) is 39.0 Å². The van der Waals surface area contributed by atoms with E-state index in [4.69, 9.17) is 19.2 Å². The van der Waals surface area contributed by atoms with Gasteiger partial charge in [0.25, 0.3) is 11.1 Å². The van der Waals surface area contributed by atoms with Crippen LogP contribution in [0.1, 0.15) is 90.0 Å². The SMILES string of the molecule is CC(=O)OCCCC#Cc1nc2c(=O)n(C)c(=O)n(CC(C)C)c2nc1CO.CC(=O)OCCCC#Cc1nc2c(=O)n(C)c(=O)n(CC(C)C)c2nc1COc1cccc2ccccc12.Oc1cccc2ccccc12. The van der Waals surface area contributed by atoms with Crippen LogP contribution in [0.5, 0.6) is 11.5 Å². The van der Waals surface area contributed by atoms with E-state index in [1.807, 2.05) is 107 Å². The first-order chi connectivity index (χ1) is 36.9. The van der Waals surface area contributed by atoms with Crippen LogP contribution in [0.15, 0.2) is 104 Å². The molecule has 0 aliphatic rings. The van der Waals surface area contributed by atoms with E-state index in [0.717, 1.165) is 30.7 Å². The number of aromatic nitrogens is 8. The van der Waals surface area contributed by atoms with Crippen LogP contribution in [0.2, 0.25) is 0 Å². The minimum Gasteiger partial charge on any atom is -0.507 e. The van der Waals surface area contributed by atoms with Crippen LogP contribution in [0, 0.1) is 35.5 Å². The minimum atomic E-state index is -0.560. The summed E-state index contributed by atoms with van der Waals surface area (Å²) in [5, 5.41) is 23.0. The fraction of sp³-hybridized carbons (Fsp3) is 0.345. The predicted molar refractivity (Wildman–Crippen MR) is 293 cm³/mol. The van der Waals surface area contributed by atoms with E-state index in [1.54, 1.807) is 6.07 Å². The zero-order chi connectivity index (χ0) is 55.8. The van der Waals surface area contributed by atoms with Crippen molar-refractivity contribution in [1.29, 1.82) is 0 Å². The first-order valence-corrected chi connectivity index (χ1v) is 25.0. The highest BCUT2D eigenvalue weighted by Crippen LogP contribution is 2.27. The highest BCUT2D eigenvalue weighted by atomic mass is 16.5. The summed E-state index contributed by atoms with van der Waals surface area (Å²) in [7, 11) is 2.82. The Labute approximate surface area is 443 Å². The minimum absolute atomic E-state index is 0.0316. The second kappa shape index (κ2) is 27.0. The van der Waals surface area contributed by atoms with Crippen LogP contribution in [-0.2, 0) is 59.5 Å². The van der Waals surface area contributed by atoms with Crippen molar-refractivity contribution in [3.05, 3.63) is 149 Å². The zero-order valence-corrected chi connectivity index (χ0v) is 44.5. The van der Waals surface area contributed by atoms with Gasteiger partial charge in [0.1, 0.15) is 40.9 Å². The van der Waals surface area contributed by atoms with Crippen LogP contribution < -0.4 is 27.2 Å². The molecular weight excluding hydrogens is 985 g/mol. The second-order valence-corrected chi connectivity index (χ2v) is 18.6. The number of fused-ring (bicyclic) bond motifs is 4. The third kappa shape index (κ3) is 14.9. The third-order valence-electron chi connectivity index (χ3n) is 11.5. The number of aliphatic hydroxyl groups is 1. The Morgan fingerprint density at radius 1 is 0.597 bits per heavy atom. The number of aliphatic hydroxyl groups excluding tert-OH is 1. The number of aromatic hydroxyl groups is 1. The van der Waals surface area contributed by atoms with Crippen molar-refractivity contribution in [2.24, 2.45) is 25.9 Å². The molecule has 400 valence electrons. The number of nitrogens with zero attached hydrogens (tertiary/aromatic N) is 8. The summed E-state index contributed by atoms with van der Waals surface area (Å²) < 4.78 is 20.9. The molecule has 19 nitrogen and oxygen atoms in total. The summed E-state index contributed by atoms with van der Waals surface area (Å²) in [5.41, 5.74) is -0.444. The monoisotopic (exact) mass is 1050 g/mol. The quantitative estimate of drug-likeness (QED) is 0.0675. The van der Waals surface area contributed by atoms with Crippen molar-refractivity contribution in [1.82, 2.24) is 38.2 Å². The maximum absolute atomic E-state index is 13.0. The van der Waals surface area contributed by atoms with Crippen molar-refractivity contribution in [2.75, 3.05) is 13.2 Å². The number of benzene rings is 4. The van der Waals surface area contributed by atoms with E-state index >= 15 is 0 Å². The lowest BCUT2D eigenvalue weighted by atomic mass is 10.1. The molecule has 8 rings (SSSR count). The molecule has 4 aromatic heterocycles. The number of phenols is 1. The maximum Gasteiger partial charge on any atom is 0.332 e. The highest BCUT2D eigenvalue weighted by Gasteiger charge is 2.20. The van der Waals surface area contributed by atoms with Crippen molar-refractivity contribution in [3.63, 3.8) is 0 Å².